The van der Waals surface area contributed by atoms with Crippen LogP contribution in [0.5, 0.6) is 0 Å². The minimum atomic E-state index is -0.241. The highest BCUT2D eigenvalue weighted by Crippen LogP contribution is 2.47. The molecule has 2 amide bonds. The molecule has 5 nitrogen and oxygen atoms in total. The summed E-state index contributed by atoms with van der Waals surface area (Å²) in [4.78, 5) is 28.4. The molecule has 2 N–H and O–H groups in total. The Morgan fingerprint density at radius 3 is 2.80 bits per heavy atom. The first-order chi connectivity index (χ1) is 9.55. The van der Waals surface area contributed by atoms with Gasteiger partial charge in [0.1, 0.15) is 6.04 Å². The molecule has 112 valence electrons. The van der Waals surface area contributed by atoms with Crippen LogP contribution in [0.4, 0.5) is 0 Å². The molecule has 3 rings (SSSR count). The maximum atomic E-state index is 12.7. The summed E-state index contributed by atoms with van der Waals surface area (Å²) in [6, 6.07) is -0.241. The van der Waals surface area contributed by atoms with Crippen molar-refractivity contribution < 1.29 is 9.59 Å². The Kier molecular flexibility index (Phi) is 3.71. The van der Waals surface area contributed by atoms with Crippen molar-refractivity contribution in [1.82, 2.24) is 9.80 Å². The first-order valence-corrected chi connectivity index (χ1v) is 8.49. The molecule has 3 aliphatic rings. The highest BCUT2D eigenvalue weighted by molar-refractivity contribution is 8.01. The second-order valence-corrected chi connectivity index (χ2v) is 7.77. The van der Waals surface area contributed by atoms with E-state index >= 15 is 0 Å². The standard InChI is InChI=1S/C14H23N3O2S/c1-14-5-2-12(18)17(14)11(9-20-14)13(19)16-6-3-10(8-15)4-7-16/h10-11H,2-9,15H2,1H3. The molecule has 0 bridgehead atoms. The number of fused-ring (bicyclic) bond motifs is 1. The minimum absolute atomic E-state index is 0.145. The van der Waals surface area contributed by atoms with Crippen LogP contribution in [0.15, 0.2) is 0 Å². The van der Waals surface area contributed by atoms with Crippen molar-refractivity contribution in [3.05, 3.63) is 0 Å². The van der Waals surface area contributed by atoms with Gasteiger partial charge >= 0.3 is 0 Å². The summed E-state index contributed by atoms with van der Waals surface area (Å²) in [7, 11) is 0. The zero-order valence-electron chi connectivity index (χ0n) is 12.0. The second kappa shape index (κ2) is 5.22. The molecule has 0 aromatic rings. The molecule has 0 saturated carbocycles. The van der Waals surface area contributed by atoms with Crippen molar-refractivity contribution in [2.45, 2.75) is 43.5 Å². The SMILES string of the molecule is CC12CCC(=O)N1C(C(=O)N1CCC(CN)CC1)CS2. The number of nitrogens with zero attached hydrogens (tertiary/aromatic N) is 2. The number of piperidine rings is 1. The molecule has 20 heavy (non-hydrogen) atoms. The maximum Gasteiger partial charge on any atom is 0.246 e. The van der Waals surface area contributed by atoms with Gasteiger partial charge in [-0.15, -0.1) is 11.8 Å². The van der Waals surface area contributed by atoms with Crippen molar-refractivity contribution in [3.63, 3.8) is 0 Å². The molecule has 2 atom stereocenters. The fourth-order valence-electron chi connectivity index (χ4n) is 3.60. The van der Waals surface area contributed by atoms with Gasteiger partial charge in [-0.2, -0.15) is 0 Å². The Morgan fingerprint density at radius 1 is 1.45 bits per heavy atom. The summed E-state index contributed by atoms with van der Waals surface area (Å²) < 4.78 is 0. The maximum absolute atomic E-state index is 12.7. The molecule has 0 spiro atoms. The lowest BCUT2D eigenvalue weighted by molar-refractivity contribution is -0.144. The lowest BCUT2D eigenvalue weighted by Gasteiger charge is -2.36. The molecule has 2 unspecified atom stereocenters. The summed E-state index contributed by atoms with van der Waals surface area (Å²) in [6.07, 6.45) is 3.44. The topological polar surface area (TPSA) is 66.6 Å². The van der Waals surface area contributed by atoms with Crippen LogP contribution < -0.4 is 5.73 Å². The van der Waals surface area contributed by atoms with Crippen molar-refractivity contribution in [3.8, 4) is 0 Å². The Balaban J connectivity index is 1.68. The van der Waals surface area contributed by atoms with E-state index in [-0.39, 0.29) is 22.7 Å². The van der Waals surface area contributed by atoms with E-state index in [1.165, 1.54) is 0 Å². The fraction of sp³-hybridized carbons (Fsp3) is 0.857. The molecular formula is C14H23N3O2S. The third-order valence-corrected chi connectivity index (χ3v) is 6.49. The van der Waals surface area contributed by atoms with E-state index in [0.29, 0.717) is 18.9 Å². The predicted octanol–water partition coefficient (Wildman–Crippen LogP) is 0.638. The Morgan fingerprint density at radius 2 is 2.15 bits per heavy atom. The first-order valence-electron chi connectivity index (χ1n) is 7.50. The Labute approximate surface area is 124 Å². The Hall–Kier alpha value is -0.750. The second-order valence-electron chi connectivity index (χ2n) is 6.27. The van der Waals surface area contributed by atoms with Crippen molar-refractivity contribution in [1.29, 1.82) is 0 Å². The lowest BCUT2D eigenvalue weighted by Crippen LogP contribution is -2.53. The van der Waals surface area contributed by atoms with Gasteiger partial charge in [0.15, 0.2) is 0 Å². The largest absolute Gasteiger partial charge is 0.341 e. The fourth-order valence-corrected chi connectivity index (χ4v) is 5.03. The van der Waals surface area contributed by atoms with Gasteiger partial charge in [0.25, 0.3) is 0 Å². The lowest BCUT2D eigenvalue weighted by atomic mass is 9.96. The quantitative estimate of drug-likeness (QED) is 0.812. The van der Waals surface area contributed by atoms with Gasteiger partial charge < -0.3 is 15.5 Å². The number of hydrogen-bond acceptors (Lipinski definition) is 4. The number of rotatable bonds is 2. The number of hydrogen-bond donors (Lipinski definition) is 1. The number of nitrogens with two attached hydrogens (primary N) is 1. The average molecular weight is 297 g/mol. The van der Waals surface area contributed by atoms with Crippen molar-refractivity contribution >= 4 is 23.6 Å². The van der Waals surface area contributed by atoms with Gasteiger partial charge in [-0.25, -0.2) is 0 Å². The Bertz CT molecular complexity index is 423. The minimum Gasteiger partial charge on any atom is -0.341 e. The van der Waals surface area contributed by atoms with Crippen LogP contribution in [-0.2, 0) is 9.59 Å². The highest BCUT2D eigenvalue weighted by Gasteiger charge is 2.53. The molecule has 0 radical (unpaired) electrons. The van der Waals surface area contributed by atoms with Gasteiger partial charge in [0.05, 0.1) is 4.87 Å². The van der Waals surface area contributed by atoms with E-state index in [1.54, 1.807) is 11.8 Å². The number of carbonyl (C=O) groups excluding carboxylic acids is 2. The van der Waals surface area contributed by atoms with E-state index in [4.69, 9.17) is 5.73 Å². The van der Waals surface area contributed by atoms with Crippen LogP contribution in [0.3, 0.4) is 0 Å². The van der Waals surface area contributed by atoms with Crippen LogP contribution in [0, 0.1) is 5.92 Å². The van der Waals surface area contributed by atoms with Crippen LogP contribution in [0.25, 0.3) is 0 Å². The first kappa shape index (κ1) is 14.2. The van der Waals surface area contributed by atoms with Crippen LogP contribution >= 0.6 is 11.8 Å². The molecule has 0 aromatic heterocycles. The third-order valence-electron chi connectivity index (χ3n) is 4.99. The number of carbonyl (C=O) groups is 2. The molecule has 3 heterocycles. The molecule has 3 saturated heterocycles. The summed E-state index contributed by atoms with van der Waals surface area (Å²) in [5, 5.41) is 0. The van der Waals surface area contributed by atoms with Gasteiger partial charge in [-0.1, -0.05) is 0 Å². The zero-order chi connectivity index (χ0) is 14.3. The summed E-state index contributed by atoms with van der Waals surface area (Å²) >= 11 is 1.76. The smallest absolute Gasteiger partial charge is 0.246 e. The summed E-state index contributed by atoms with van der Waals surface area (Å²) in [5.74, 6) is 1.59. The van der Waals surface area contributed by atoms with Crippen molar-refractivity contribution in [2.75, 3.05) is 25.4 Å². The average Bonchev–Trinajstić information content (AvgIpc) is 2.95. The summed E-state index contributed by atoms with van der Waals surface area (Å²) in [5.41, 5.74) is 5.69. The van der Waals surface area contributed by atoms with Gasteiger partial charge in [0, 0.05) is 25.3 Å². The molecular weight excluding hydrogens is 274 g/mol. The highest BCUT2D eigenvalue weighted by atomic mass is 32.2. The van der Waals surface area contributed by atoms with E-state index < -0.39 is 0 Å². The zero-order valence-corrected chi connectivity index (χ0v) is 12.8. The van der Waals surface area contributed by atoms with E-state index in [0.717, 1.165) is 38.1 Å². The van der Waals surface area contributed by atoms with Gasteiger partial charge in [-0.3, -0.25) is 9.59 Å². The predicted molar refractivity (Wildman–Crippen MR) is 79.1 cm³/mol. The number of amides is 2. The van der Waals surface area contributed by atoms with E-state index in [1.807, 2.05) is 9.80 Å². The van der Waals surface area contributed by atoms with E-state index in [2.05, 4.69) is 6.92 Å². The van der Waals surface area contributed by atoms with Gasteiger partial charge in [-0.05, 0) is 38.6 Å². The van der Waals surface area contributed by atoms with Crippen LogP contribution in [-0.4, -0.2) is 57.9 Å². The monoisotopic (exact) mass is 297 g/mol. The number of thioether (sulfide) groups is 1. The van der Waals surface area contributed by atoms with E-state index in [9.17, 15) is 9.59 Å². The molecule has 3 fully saturated rings. The van der Waals surface area contributed by atoms with Gasteiger partial charge in [0.2, 0.25) is 11.8 Å². The molecule has 0 aliphatic carbocycles. The van der Waals surface area contributed by atoms with Crippen molar-refractivity contribution in [2.24, 2.45) is 11.7 Å². The molecule has 0 aromatic carbocycles. The molecule has 6 heteroatoms. The third kappa shape index (κ3) is 2.22. The molecule has 3 aliphatic heterocycles. The summed E-state index contributed by atoms with van der Waals surface area (Å²) in [6.45, 7) is 4.39. The number of likely N-dealkylation sites (tertiary alicyclic amines) is 1. The van der Waals surface area contributed by atoms with Crippen LogP contribution in [0.2, 0.25) is 0 Å². The normalized spacial score (nSPS) is 34.7. The van der Waals surface area contributed by atoms with Crippen LogP contribution in [0.1, 0.15) is 32.6 Å².